The first-order chi connectivity index (χ1) is 9.28. The highest BCUT2D eigenvalue weighted by Crippen LogP contribution is 2.28. The Morgan fingerprint density at radius 1 is 1.26 bits per heavy atom. The van der Waals surface area contributed by atoms with Crippen molar-refractivity contribution in [2.24, 2.45) is 5.92 Å². The molecule has 0 aromatic carbocycles. The van der Waals surface area contributed by atoms with Crippen LogP contribution >= 0.6 is 0 Å². The number of nitrogens with one attached hydrogen (secondary N) is 1. The highest BCUT2D eigenvalue weighted by atomic mass is 16.5. The van der Waals surface area contributed by atoms with Crippen molar-refractivity contribution in [2.75, 3.05) is 26.9 Å². The van der Waals surface area contributed by atoms with Gasteiger partial charge in [-0.1, -0.05) is 32.6 Å². The second-order valence-corrected chi connectivity index (χ2v) is 6.43. The van der Waals surface area contributed by atoms with E-state index in [9.17, 15) is 0 Å². The van der Waals surface area contributed by atoms with Crippen LogP contribution in [-0.2, 0) is 9.47 Å². The SMILES string of the molecule is CCCC1CCCC(NCC2(OC)CCOC2)CC1. The van der Waals surface area contributed by atoms with Gasteiger partial charge in [-0.2, -0.15) is 0 Å². The molecular formula is C16H31NO2. The summed E-state index contributed by atoms with van der Waals surface area (Å²) in [6.45, 7) is 4.86. The Hall–Kier alpha value is -0.120. The Morgan fingerprint density at radius 3 is 2.84 bits per heavy atom. The van der Waals surface area contributed by atoms with Crippen LogP contribution in [0.25, 0.3) is 0 Å². The molecule has 0 aromatic rings. The molecule has 3 nitrogen and oxygen atoms in total. The first-order valence-corrected chi connectivity index (χ1v) is 8.14. The number of hydrogen-bond acceptors (Lipinski definition) is 3. The van der Waals surface area contributed by atoms with Crippen molar-refractivity contribution in [3.05, 3.63) is 0 Å². The summed E-state index contributed by atoms with van der Waals surface area (Å²) in [6, 6.07) is 0.689. The molecule has 1 heterocycles. The van der Waals surface area contributed by atoms with Gasteiger partial charge < -0.3 is 14.8 Å². The molecule has 1 N–H and O–H groups in total. The van der Waals surface area contributed by atoms with E-state index in [1.165, 1.54) is 44.9 Å². The number of rotatable bonds is 6. The fraction of sp³-hybridized carbons (Fsp3) is 1.00. The lowest BCUT2D eigenvalue weighted by Crippen LogP contribution is -2.46. The maximum atomic E-state index is 5.69. The minimum atomic E-state index is -0.0604. The number of methoxy groups -OCH3 is 1. The van der Waals surface area contributed by atoms with E-state index in [-0.39, 0.29) is 5.60 Å². The molecule has 3 atom stereocenters. The minimum absolute atomic E-state index is 0.0604. The molecule has 112 valence electrons. The van der Waals surface area contributed by atoms with E-state index < -0.39 is 0 Å². The summed E-state index contributed by atoms with van der Waals surface area (Å²) >= 11 is 0. The van der Waals surface area contributed by atoms with Gasteiger partial charge in [-0.25, -0.2) is 0 Å². The third kappa shape index (κ3) is 4.44. The molecule has 19 heavy (non-hydrogen) atoms. The van der Waals surface area contributed by atoms with Crippen molar-refractivity contribution >= 4 is 0 Å². The predicted octanol–water partition coefficient (Wildman–Crippen LogP) is 3.13. The first kappa shape index (κ1) is 15.3. The van der Waals surface area contributed by atoms with Gasteiger partial charge in [0, 0.05) is 32.7 Å². The van der Waals surface area contributed by atoms with E-state index in [1.54, 1.807) is 0 Å². The molecule has 2 rings (SSSR count). The Balaban J connectivity index is 1.73. The van der Waals surface area contributed by atoms with Gasteiger partial charge in [-0.15, -0.1) is 0 Å². The van der Waals surface area contributed by atoms with Gasteiger partial charge in [-0.3, -0.25) is 0 Å². The van der Waals surface area contributed by atoms with Crippen molar-refractivity contribution in [3.8, 4) is 0 Å². The molecule has 1 aliphatic heterocycles. The molecule has 0 amide bonds. The van der Waals surface area contributed by atoms with Crippen LogP contribution in [0.15, 0.2) is 0 Å². The lowest BCUT2D eigenvalue weighted by Gasteiger charge is -2.29. The monoisotopic (exact) mass is 269 g/mol. The maximum Gasteiger partial charge on any atom is 0.106 e. The van der Waals surface area contributed by atoms with Crippen LogP contribution in [0.4, 0.5) is 0 Å². The standard InChI is InChI=1S/C16H31NO2/c1-3-5-14-6-4-7-15(9-8-14)17-12-16(18-2)10-11-19-13-16/h14-15,17H,3-13H2,1-2H3. The highest BCUT2D eigenvalue weighted by molar-refractivity contribution is 4.88. The summed E-state index contributed by atoms with van der Waals surface area (Å²) in [4.78, 5) is 0. The van der Waals surface area contributed by atoms with Crippen LogP contribution in [0.2, 0.25) is 0 Å². The van der Waals surface area contributed by atoms with Crippen LogP contribution in [0.3, 0.4) is 0 Å². The maximum absolute atomic E-state index is 5.69. The molecule has 1 aliphatic carbocycles. The Morgan fingerprint density at radius 2 is 2.16 bits per heavy atom. The lowest BCUT2D eigenvalue weighted by molar-refractivity contribution is -0.0177. The van der Waals surface area contributed by atoms with E-state index in [0.717, 1.165) is 32.1 Å². The molecule has 1 saturated heterocycles. The molecule has 3 heteroatoms. The van der Waals surface area contributed by atoms with E-state index >= 15 is 0 Å². The fourth-order valence-corrected chi connectivity index (χ4v) is 3.57. The zero-order valence-corrected chi connectivity index (χ0v) is 12.7. The first-order valence-electron chi connectivity index (χ1n) is 8.14. The van der Waals surface area contributed by atoms with Crippen molar-refractivity contribution in [2.45, 2.75) is 69.9 Å². The van der Waals surface area contributed by atoms with Gasteiger partial charge in [0.05, 0.1) is 6.61 Å². The summed E-state index contributed by atoms with van der Waals surface area (Å²) in [5.41, 5.74) is -0.0604. The second kappa shape index (κ2) is 7.61. The number of ether oxygens (including phenoxy) is 2. The minimum Gasteiger partial charge on any atom is -0.378 e. The van der Waals surface area contributed by atoms with Crippen LogP contribution < -0.4 is 5.32 Å². The van der Waals surface area contributed by atoms with Crippen LogP contribution in [0.1, 0.15) is 58.3 Å². The highest BCUT2D eigenvalue weighted by Gasteiger charge is 2.35. The van der Waals surface area contributed by atoms with Gasteiger partial charge >= 0.3 is 0 Å². The van der Waals surface area contributed by atoms with Crippen molar-refractivity contribution in [1.29, 1.82) is 0 Å². The average Bonchev–Trinajstić information content (AvgIpc) is 2.79. The Kier molecular flexibility index (Phi) is 6.11. The van der Waals surface area contributed by atoms with Gasteiger partial charge in [0.25, 0.3) is 0 Å². The van der Waals surface area contributed by atoms with E-state index in [1.807, 2.05) is 7.11 Å². The summed E-state index contributed by atoms with van der Waals surface area (Å²) in [7, 11) is 1.82. The van der Waals surface area contributed by atoms with Gasteiger partial charge in [0.2, 0.25) is 0 Å². The quantitative estimate of drug-likeness (QED) is 0.752. The van der Waals surface area contributed by atoms with Gasteiger partial charge in [0.15, 0.2) is 0 Å². The molecule has 2 aliphatic rings. The Bertz CT molecular complexity index is 251. The van der Waals surface area contributed by atoms with Gasteiger partial charge in [-0.05, 0) is 25.2 Å². The predicted molar refractivity (Wildman–Crippen MR) is 78.4 cm³/mol. The summed E-state index contributed by atoms with van der Waals surface area (Å²) in [6.07, 6.45) is 10.7. The molecule has 0 aromatic heterocycles. The molecule has 1 saturated carbocycles. The van der Waals surface area contributed by atoms with Crippen LogP contribution in [0.5, 0.6) is 0 Å². The van der Waals surface area contributed by atoms with E-state index in [0.29, 0.717) is 6.04 Å². The van der Waals surface area contributed by atoms with Crippen molar-refractivity contribution in [3.63, 3.8) is 0 Å². The lowest BCUT2D eigenvalue weighted by atomic mass is 9.95. The summed E-state index contributed by atoms with van der Waals surface area (Å²) < 4.78 is 11.2. The van der Waals surface area contributed by atoms with Crippen molar-refractivity contribution in [1.82, 2.24) is 5.32 Å². The molecule has 3 unspecified atom stereocenters. The van der Waals surface area contributed by atoms with Crippen LogP contribution in [-0.4, -0.2) is 38.5 Å². The normalized spacial score (nSPS) is 36.3. The third-order valence-electron chi connectivity index (χ3n) is 5.00. The molecule has 0 radical (unpaired) electrons. The van der Waals surface area contributed by atoms with E-state index in [4.69, 9.17) is 9.47 Å². The number of hydrogen-bond donors (Lipinski definition) is 1. The smallest absolute Gasteiger partial charge is 0.106 e. The molecule has 2 fully saturated rings. The second-order valence-electron chi connectivity index (χ2n) is 6.43. The zero-order chi connectivity index (χ0) is 13.6. The molecular weight excluding hydrogens is 238 g/mol. The molecule has 0 bridgehead atoms. The summed E-state index contributed by atoms with van der Waals surface area (Å²) in [5.74, 6) is 0.975. The zero-order valence-electron chi connectivity index (χ0n) is 12.7. The summed E-state index contributed by atoms with van der Waals surface area (Å²) in [5, 5.41) is 3.75. The van der Waals surface area contributed by atoms with Crippen molar-refractivity contribution < 1.29 is 9.47 Å². The van der Waals surface area contributed by atoms with E-state index in [2.05, 4.69) is 12.2 Å². The van der Waals surface area contributed by atoms with Crippen LogP contribution in [0, 0.1) is 5.92 Å². The third-order valence-corrected chi connectivity index (χ3v) is 5.00. The topological polar surface area (TPSA) is 30.5 Å². The average molecular weight is 269 g/mol. The fourth-order valence-electron chi connectivity index (χ4n) is 3.57. The molecule has 0 spiro atoms. The van der Waals surface area contributed by atoms with Gasteiger partial charge in [0.1, 0.15) is 5.60 Å². The largest absolute Gasteiger partial charge is 0.378 e. The Labute approximate surface area is 118 Å².